The molecule has 0 spiro atoms. The highest BCUT2D eigenvalue weighted by atomic mass is 16.6. The molecular weight excluding hydrogens is 214 g/mol. The standard InChI is InChI=1S/C14H15NO2/c16-14-11-5-7-15(8-6-11)13(14)9-10-3-1-2-4-12(10)17-14/h1-4,9,11,16H,5-8H2/p+1/t14-/m1/s1. The summed E-state index contributed by atoms with van der Waals surface area (Å²) in [5, 5.41) is 10.8. The Hall–Kier alpha value is -1.32. The lowest BCUT2D eigenvalue weighted by atomic mass is 9.79. The molecule has 3 nitrogen and oxygen atoms in total. The normalized spacial score (nSPS) is 37.8. The van der Waals surface area contributed by atoms with Crippen molar-refractivity contribution in [2.75, 3.05) is 13.1 Å². The Bertz CT molecular complexity index is 503. The fraction of sp³-hybridized carbons (Fsp3) is 0.429. The number of rotatable bonds is 0. The summed E-state index contributed by atoms with van der Waals surface area (Å²) in [5.41, 5.74) is 2.13. The van der Waals surface area contributed by atoms with E-state index in [1.54, 1.807) is 0 Å². The van der Waals surface area contributed by atoms with E-state index >= 15 is 0 Å². The summed E-state index contributed by atoms with van der Waals surface area (Å²) < 4.78 is 5.92. The summed E-state index contributed by atoms with van der Waals surface area (Å²) >= 11 is 0. The second kappa shape index (κ2) is 3.12. The first-order chi connectivity index (χ1) is 8.27. The molecule has 0 saturated carbocycles. The molecule has 0 aromatic heterocycles. The zero-order chi connectivity index (χ0) is 11.5. The number of hydrogen-bond acceptors (Lipinski definition) is 2. The number of quaternary nitrogens is 1. The quantitative estimate of drug-likeness (QED) is 0.677. The molecule has 4 aliphatic rings. The number of nitrogens with one attached hydrogen (secondary N) is 1. The summed E-state index contributed by atoms with van der Waals surface area (Å²) in [5.74, 6) is 0.0340. The van der Waals surface area contributed by atoms with E-state index in [4.69, 9.17) is 4.74 Å². The first-order valence-corrected chi connectivity index (χ1v) is 6.35. The molecule has 3 heteroatoms. The second-order valence-corrected chi connectivity index (χ2v) is 5.27. The molecule has 4 heterocycles. The number of hydrogen-bond donors (Lipinski definition) is 2. The van der Waals surface area contributed by atoms with Crippen LogP contribution < -0.4 is 9.64 Å². The molecule has 1 aromatic carbocycles. The fourth-order valence-electron chi connectivity index (χ4n) is 3.46. The molecule has 3 fully saturated rings. The molecule has 3 saturated heterocycles. The topological polar surface area (TPSA) is 33.9 Å². The minimum atomic E-state index is -1.04. The van der Waals surface area contributed by atoms with E-state index in [0.29, 0.717) is 0 Å². The smallest absolute Gasteiger partial charge is 0.287 e. The lowest BCUT2D eigenvalue weighted by Crippen LogP contribution is -3.16. The van der Waals surface area contributed by atoms with Gasteiger partial charge in [0.1, 0.15) is 5.75 Å². The average molecular weight is 230 g/mol. The van der Waals surface area contributed by atoms with Gasteiger partial charge in [0, 0.05) is 30.4 Å². The Labute approximate surface area is 100 Å². The van der Waals surface area contributed by atoms with Gasteiger partial charge in [0.15, 0.2) is 5.70 Å². The van der Waals surface area contributed by atoms with Crippen LogP contribution in [0.1, 0.15) is 18.4 Å². The lowest BCUT2D eigenvalue weighted by Gasteiger charge is -2.49. The Balaban J connectivity index is 1.90. The maximum atomic E-state index is 10.8. The predicted molar refractivity (Wildman–Crippen MR) is 63.4 cm³/mol. The molecule has 0 unspecified atom stereocenters. The van der Waals surface area contributed by atoms with Crippen molar-refractivity contribution < 1.29 is 14.7 Å². The van der Waals surface area contributed by atoms with Gasteiger partial charge in [-0.2, -0.15) is 0 Å². The molecule has 0 radical (unpaired) electrons. The first-order valence-electron chi connectivity index (χ1n) is 6.35. The van der Waals surface area contributed by atoms with Crippen molar-refractivity contribution in [2.24, 2.45) is 5.92 Å². The molecule has 1 aromatic rings. The van der Waals surface area contributed by atoms with Gasteiger partial charge in [-0.05, 0) is 6.07 Å². The fourth-order valence-corrected chi connectivity index (χ4v) is 3.46. The highest BCUT2D eigenvalue weighted by Gasteiger charge is 2.57. The van der Waals surface area contributed by atoms with Gasteiger partial charge >= 0.3 is 0 Å². The largest absolute Gasteiger partial charge is 0.452 e. The Kier molecular flexibility index (Phi) is 1.78. The number of fused-ring (bicyclic) bond motifs is 3. The van der Waals surface area contributed by atoms with Crippen molar-refractivity contribution in [3.05, 3.63) is 35.5 Å². The average Bonchev–Trinajstić information content (AvgIpc) is 2.37. The molecule has 5 rings (SSSR count). The molecule has 0 amide bonds. The lowest BCUT2D eigenvalue weighted by molar-refractivity contribution is -0.888. The van der Waals surface area contributed by atoms with Gasteiger partial charge in [-0.3, -0.25) is 0 Å². The third kappa shape index (κ3) is 1.18. The van der Waals surface area contributed by atoms with E-state index in [1.165, 1.54) is 4.90 Å². The van der Waals surface area contributed by atoms with Crippen LogP contribution in [0.25, 0.3) is 6.08 Å². The van der Waals surface area contributed by atoms with E-state index < -0.39 is 5.79 Å². The van der Waals surface area contributed by atoms with Gasteiger partial charge < -0.3 is 14.7 Å². The van der Waals surface area contributed by atoms with Gasteiger partial charge in [-0.25, -0.2) is 0 Å². The minimum Gasteiger partial charge on any atom is -0.452 e. The van der Waals surface area contributed by atoms with Crippen LogP contribution in [0.2, 0.25) is 0 Å². The number of aliphatic hydroxyl groups is 1. The highest BCUT2D eigenvalue weighted by molar-refractivity contribution is 5.62. The van der Waals surface area contributed by atoms with Gasteiger partial charge in [-0.1, -0.05) is 18.2 Å². The van der Waals surface area contributed by atoms with E-state index in [-0.39, 0.29) is 5.92 Å². The van der Waals surface area contributed by atoms with Crippen LogP contribution in [-0.2, 0) is 0 Å². The van der Waals surface area contributed by atoms with Crippen LogP contribution in [-0.4, -0.2) is 24.0 Å². The zero-order valence-corrected chi connectivity index (χ0v) is 9.65. The summed E-state index contributed by atoms with van der Waals surface area (Å²) in [7, 11) is 0. The monoisotopic (exact) mass is 230 g/mol. The van der Waals surface area contributed by atoms with Crippen molar-refractivity contribution in [2.45, 2.75) is 18.6 Å². The van der Waals surface area contributed by atoms with Crippen LogP contribution in [0.15, 0.2) is 30.0 Å². The first kappa shape index (κ1) is 9.68. The molecule has 4 aliphatic heterocycles. The Morgan fingerprint density at radius 2 is 2.00 bits per heavy atom. The van der Waals surface area contributed by atoms with Crippen molar-refractivity contribution in [3.8, 4) is 5.75 Å². The molecule has 1 atom stereocenters. The number of piperidine rings is 3. The second-order valence-electron chi connectivity index (χ2n) is 5.27. The number of benzene rings is 1. The summed E-state index contributed by atoms with van der Waals surface area (Å²) in [4.78, 5) is 1.39. The van der Waals surface area contributed by atoms with Gasteiger partial charge in [0.2, 0.25) is 0 Å². The summed E-state index contributed by atoms with van der Waals surface area (Å²) in [6, 6.07) is 7.95. The van der Waals surface area contributed by atoms with E-state index in [9.17, 15) is 5.11 Å². The van der Waals surface area contributed by atoms with Crippen molar-refractivity contribution in [1.82, 2.24) is 0 Å². The number of ether oxygens (including phenoxy) is 1. The SMILES string of the molecule is O[C@]12Oc3ccccc3C=C1[NH+]1CCC2CC1. The molecule has 0 aliphatic carbocycles. The highest BCUT2D eigenvalue weighted by Crippen LogP contribution is 2.41. The maximum Gasteiger partial charge on any atom is 0.287 e. The molecule has 88 valence electrons. The van der Waals surface area contributed by atoms with Crippen LogP contribution in [0.3, 0.4) is 0 Å². The van der Waals surface area contributed by atoms with Crippen LogP contribution in [0.4, 0.5) is 0 Å². The summed E-state index contributed by atoms with van der Waals surface area (Å²) in [6.07, 6.45) is 4.25. The minimum absolute atomic E-state index is 0.264. The van der Waals surface area contributed by atoms with Gasteiger partial charge in [0.25, 0.3) is 5.79 Å². The molecule has 2 bridgehead atoms. The van der Waals surface area contributed by atoms with Crippen molar-refractivity contribution in [3.63, 3.8) is 0 Å². The van der Waals surface area contributed by atoms with Crippen molar-refractivity contribution >= 4 is 6.08 Å². The van der Waals surface area contributed by atoms with E-state index in [1.807, 2.05) is 24.3 Å². The van der Waals surface area contributed by atoms with Gasteiger partial charge in [0.05, 0.1) is 13.1 Å². The van der Waals surface area contributed by atoms with Crippen LogP contribution >= 0.6 is 0 Å². The van der Waals surface area contributed by atoms with Gasteiger partial charge in [-0.15, -0.1) is 0 Å². The molecule has 2 N–H and O–H groups in total. The number of para-hydroxylation sites is 1. The molecule has 17 heavy (non-hydrogen) atoms. The van der Waals surface area contributed by atoms with Crippen molar-refractivity contribution in [1.29, 1.82) is 0 Å². The Morgan fingerprint density at radius 3 is 2.82 bits per heavy atom. The maximum absolute atomic E-state index is 10.8. The third-order valence-corrected chi connectivity index (χ3v) is 4.39. The van der Waals surface area contributed by atoms with Crippen LogP contribution in [0.5, 0.6) is 5.75 Å². The van der Waals surface area contributed by atoms with E-state index in [2.05, 4.69) is 6.08 Å². The Morgan fingerprint density at radius 1 is 1.24 bits per heavy atom. The predicted octanol–water partition coefficient (Wildman–Crippen LogP) is 0.417. The molecular formula is C14H16NO2+. The van der Waals surface area contributed by atoms with Crippen LogP contribution in [0, 0.1) is 5.92 Å². The summed E-state index contributed by atoms with van der Waals surface area (Å²) in [6.45, 7) is 2.26. The van der Waals surface area contributed by atoms with E-state index in [0.717, 1.165) is 42.9 Å². The third-order valence-electron chi connectivity index (χ3n) is 4.39. The zero-order valence-electron chi connectivity index (χ0n) is 9.65.